The molecule has 0 aromatic rings. The zero-order valence-electron chi connectivity index (χ0n) is 65.9. The molecule has 0 aliphatic carbocycles. The van der Waals surface area contributed by atoms with E-state index in [0.29, 0.717) is 32.1 Å². The van der Waals surface area contributed by atoms with Crippen molar-refractivity contribution in [1.29, 1.82) is 0 Å². The third-order valence-electron chi connectivity index (χ3n) is 17.5. The Bertz CT molecular complexity index is 2350. The van der Waals surface area contributed by atoms with E-state index in [1.54, 1.807) is 0 Å². The Kier molecular flexibility index (Phi) is 74.2. The van der Waals surface area contributed by atoms with Crippen molar-refractivity contribution in [3.05, 3.63) is 97.2 Å². The Hall–Kier alpha value is -4.02. The van der Waals surface area contributed by atoms with Gasteiger partial charge in [0, 0.05) is 25.7 Å². The van der Waals surface area contributed by atoms with Gasteiger partial charge in [-0.15, -0.1) is 0 Å². The summed E-state index contributed by atoms with van der Waals surface area (Å²) in [5.74, 6) is -2.26. The minimum absolute atomic E-state index is 0.0310. The second kappa shape index (κ2) is 77.1. The number of allylic oxidation sites excluding steroid dienone is 16. The van der Waals surface area contributed by atoms with Crippen LogP contribution >= 0.6 is 15.6 Å². The summed E-state index contributed by atoms with van der Waals surface area (Å²) in [5, 5.41) is 10.7. The average molecular weight is 1510 g/mol. The molecule has 19 heteroatoms. The van der Waals surface area contributed by atoms with E-state index in [9.17, 15) is 43.2 Å². The molecule has 5 atom stereocenters. The highest BCUT2D eigenvalue weighted by Gasteiger charge is 2.30. The number of hydrogen-bond donors (Lipinski definition) is 3. The molecule has 0 spiro atoms. The van der Waals surface area contributed by atoms with Crippen LogP contribution in [0.3, 0.4) is 0 Å². The smallest absolute Gasteiger partial charge is 0.462 e. The number of phosphoric ester groups is 2. The zero-order valence-corrected chi connectivity index (χ0v) is 67.7. The molecule has 0 saturated heterocycles. The molecule has 0 aromatic carbocycles. The monoisotopic (exact) mass is 1510 g/mol. The van der Waals surface area contributed by atoms with E-state index in [1.807, 2.05) is 18.2 Å². The van der Waals surface area contributed by atoms with Gasteiger partial charge in [0.2, 0.25) is 0 Å². The first kappa shape index (κ1) is 100.0. The van der Waals surface area contributed by atoms with E-state index in [-0.39, 0.29) is 25.7 Å². The van der Waals surface area contributed by atoms with Crippen molar-refractivity contribution in [2.24, 2.45) is 0 Å². The molecule has 0 aliphatic heterocycles. The summed E-state index contributed by atoms with van der Waals surface area (Å²) in [6.45, 7) is 4.71. The van der Waals surface area contributed by atoms with Gasteiger partial charge in [0.05, 0.1) is 26.4 Å². The molecule has 0 fully saturated rings. The van der Waals surface area contributed by atoms with E-state index in [4.69, 9.17) is 37.0 Å². The summed E-state index contributed by atoms with van der Waals surface area (Å²) >= 11 is 0. The highest BCUT2D eigenvalue weighted by Crippen LogP contribution is 2.45. The summed E-state index contributed by atoms with van der Waals surface area (Å²) < 4.78 is 68.6. The number of carbonyl (C=O) groups excluding carboxylic acids is 4. The van der Waals surface area contributed by atoms with Gasteiger partial charge in [-0.1, -0.05) is 318 Å². The molecule has 3 N–H and O–H groups in total. The third-order valence-corrected chi connectivity index (χ3v) is 19.4. The summed E-state index contributed by atoms with van der Waals surface area (Å²) in [4.78, 5) is 73.1. The van der Waals surface area contributed by atoms with Gasteiger partial charge in [-0.05, 0) is 116 Å². The first-order valence-electron chi connectivity index (χ1n) is 41.5. The topological polar surface area (TPSA) is 237 Å². The highest BCUT2D eigenvalue weighted by molar-refractivity contribution is 7.47. The second-order valence-electron chi connectivity index (χ2n) is 27.7. The van der Waals surface area contributed by atoms with Crippen molar-refractivity contribution in [1.82, 2.24) is 0 Å². The maximum Gasteiger partial charge on any atom is 0.472 e. The standard InChI is InChI=1S/C85H150O17P2/c1-5-9-13-17-21-25-29-33-37-38-39-40-44-48-52-56-60-64-68-72-85(90)102-81(76-96-83(88)70-66-62-58-54-50-46-42-35-31-27-23-19-15-11-7-3)78-100-104(93,94)98-74-79(86)73-97-103(91,92)99-77-80(101-84(89)71-67-63-59-55-51-47-43-36-32-28-24-20-16-12-8-4)75-95-82(87)69-65-61-57-53-49-45-41-34-30-26-22-18-14-10-6-2/h9,13,21,25-26,30,33,35,37,39-40,42,48,52,60,64,79-81,86H,5-8,10-12,14-20,22-24,27-29,31-32,34,36,38,41,43-47,49-51,53-59,61-63,65-78H2,1-4H3,(H,91,92)(H,93,94)/b13-9-,25-21-,30-26-,37-33-,40-39-,42-35-,52-48-,64-60-/t79-,80+,81+/m0/s1. The van der Waals surface area contributed by atoms with Gasteiger partial charge >= 0.3 is 39.5 Å². The average Bonchev–Trinajstić information content (AvgIpc) is 0.943. The Balaban J connectivity index is 5.42. The number of aliphatic hydroxyl groups is 1. The molecule has 0 radical (unpaired) electrons. The van der Waals surface area contributed by atoms with Gasteiger partial charge in [0.15, 0.2) is 12.2 Å². The molecule has 17 nitrogen and oxygen atoms in total. The molecular formula is C85H150O17P2. The molecule has 0 bridgehead atoms. The fourth-order valence-electron chi connectivity index (χ4n) is 11.2. The van der Waals surface area contributed by atoms with Crippen LogP contribution in [0.5, 0.6) is 0 Å². The number of unbranched alkanes of at least 4 members (excludes halogenated alkanes) is 36. The molecule has 0 aromatic heterocycles. The van der Waals surface area contributed by atoms with Crippen molar-refractivity contribution in [2.75, 3.05) is 39.6 Å². The molecular weight excluding hydrogens is 1350 g/mol. The number of carbonyl (C=O) groups is 4. The summed E-state index contributed by atoms with van der Waals surface area (Å²) in [6, 6.07) is 0. The fraction of sp³-hybridized carbons (Fsp3) is 0.765. The van der Waals surface area contributed by atoms with Gasteiger partial charge in [-0.3, -0.25) is 37.3 Å². The van der Waals surface area contributed by atoms with Crippen LogP contribution in [0.2, 0.25) is 0 Å². The zero-order chi connectivity index (χ0) is 76.0. The highest BCUT2D eigenvalue weighted by atomic mass is 31.2. The molecule has 0 aliphatic rings. The largest absolute Gasteiger partial charge is 0.472 e. The van der Waals surface area contributed by atoms with Crippen LogP contribution in [0.15, 0.2) is 97.2 Å². The number of phosphoric acid groups is 2. The van der Waals surface area contributed by atoms with Crippen molar-refractivity contribution >= 4 is 39.5 Å². The molecule has 0 amide bonds. The quantitative estimate of drug-likeness (QED) is 0.0169. The Morgan fingerprint density at radius 2 is 0.519 bits per heavy atom. The van der Waals surface area contributed by atoms with Gasteiger partial charge in [-0.2, -0.15) is 0 Å². The number of ether oxygens (including phenoxy) is 4. The molecule has 0 saturated carbocycles. The van der Waals surface area contributed by atoms with Gasteiger partial charge in [0.25, 0.3) is 0 Å². The maximum absolute atomic E-state index is 13.1. The summed E-state index contributed by atoms with van der Waals surface area (Å²) in [6.07, 6.45) is 82.5. The molecule has 2 unspecified atom stereocenters. The molecule has 0 heterocycles. The van der Waals surface area contributed by atoms with E-state index in [1.165, 1.54) is 141 Å². The third kappa shape index (κ3) is 76.2. The van der Waals surface area contributed by atoms with Gasteiger partial charge in [-0.25, -0.2) is 9.13 Å². The number of esters is 4. The lowest BCUT2D eigenvalue weighted by atomic mass is 10.0. The van der Waals surface area contributed by atoms with Crippen LogP contribution in [-0.4, -0.2) is 96.7 Å². The Labute approximate surface area is 633 Å². The maximum atomic E-state index is 13.1. The number of hydrogen-bond acceptors (Lipinski definition) is 15. The SMILES string of the molecule is CC/C=C\C/C=C\C/C=C\C/C=C\C/C=C\C/C=C\CCC(=O)O[C@H](COC(=O)CCCCCCC/C=C\CCCCCCCC)COP(=O)(O)OC[C@@H](O)COP(=O)(O)OC[C@@H](COC(=O)CCCCCCCCC/C=C\CCCCCC)OC(=O)CCCCCCCCCCCCCCCCC. The molecule has 104 heavy (non-hydrogen) atoms. The van der Waals surface area contributed by atoms with Crippen LogP contribution < -0.4 is 0 Å². The fourth-order valence-corrected chi connectivity index (χ4v) is 12.8. The van der Waals surface area contributed by atoms with Gasteiger partial charge < -0.3 is 33.8 Å². The first-order chi connectivity index (χ1) is 50.7. The van der Waals surface area contributed by atoms with Crippen LogP contribution in [0.25, 0.3) is 0 Å². The Morgan fingerprint density at radius 1 is 0.279 bits per heavy atom. The normalized spacial score (nSPS) is 14.3. The molecule has 602 valence electrons. The lowest BCUT2D eigenvalue weighted by molar-refractivity contribution is -0.161. The molecule has 0 rings (SSSR count). The van der Waals surface area contributed by atoms with E-state index in [2.05, 4.69) is 107 Å². The van der Waals surface area contributed by atoms with E-state index >= 15 is 0 Å². The van der Waals surface area contributed by atoms with Crippen LogP contribution in [0.4, 0.5) is 0 Å². The predicted molar refractivity (Wildman–Crippen MR) is 427 cm³/mol. The Morgan fingerprint density at radius 3 is 0.837 bits per heavy atom. The number of rotatable bonds is 78. The lowest BCUT2D eigenvalue weighted by Crippen LogP contribution is -2.30. The van der Waals surface area contributed by atoms with Crippen LogP contribution in [-0.2, 0) is 65.4 Å². The van der Waals surface area contributed by atoms with Crippen LogP contribution in [0, 0.1) is 0 Å². The van der Waals surface area contributed by atoms with E-state index in [0.717, 1.165) is 135 Å². The van der Waals surface area contributed by atoms with Crippen LogP contribution in [0.1, 0.15) is 362 Å². The summed E-state index contributed by atoms with van der Waals surface area (Å²) in [5.41, 5.74) is 0. The van der Waals surface area contributed by atoms with E-state index < -0.39 is 97.5 Å². The van der Waals surface area contributed by atoms with Gasteiger partial charge in [0.1, 0.15) is 19.3 Å². The predicted octanol–water partition coefficient (Wildman–Crippen LogP) is 24.3. The van der Waals surface area contributed by atoms with Crippen molar-refractivity contribution in [3.63, 3.8) is 0 Å². The second-order valence-corrected chi connectivity index (χ2v) is 30.6. The minimum atomic E-state index is -5.00. The van der Waals surface area contributed by atoms with Crippen molar-refractivity contribution in [2.45, 2.75) is 380 Å². The van der Waals surface area contributed by atoms with Crippen molar-refractivity contribution in [3.8, 4) is 0 Å². The first-order valence-corrected chi connectivity index (χ1v) is 44.5. The summed E-state index contributed by atoms with van der Waals surface area (Å²) in [7, 11) is -9.98. The minimum Gasteiger partial charge on any atom is -0.462 e. The number of aliphatic hydroxyl groups excluding tert-OH is 1. The lowest BCUT2D eigenvalue weighted by Gasteiger charge is -2.21. The van der Waals surface area contributed by atoms with Crippen molar-refractivity contribution < 1.29 is 80.2 Å².